The molecule has 2 atom stereocenters. The van der Waals surface area contributed by atoms with Crippen LogP contribution in [0.5, 0.6) is 5.75 Å². The smallest absolute Gasteiger partial charge is 0.176 e. The summed E-state index contributed by atoms with van der Waals surface area (Å²) in [7, 11) is 0. The van der Waals surface area contributed by atoms with Crippen molar-refractivity contribution in [2.75, 3.05) is 18.4 Å². The minimum Gasteiger partial charge on any atom is -0.473 e. The highest BCUT2D eigenvalue weighted by molar-refractivity contribution is 6.39. The first-order valence-corrected chi connectivity index (χ1v) is 8.14. The van der Waals surface area contributed by atoms with Crippen LogP contribution in [0.3, 0.4) is 0 Å². The van der Waals surface area contributed by atoms with E-state index >= 15 is 0 Å². The van der Waals surface area contributed by atoms with Gasteiger partial charge in [-0.05, 0) is 31.2 Å². The zero-order chi connectivity index (χ0) is 16.7. The van der Waals surface area contributed by atoms with Crippen LogP contribution in [0.4, 0.5) is 5.69 Å². The first kappa shape index (κ1) is 17.9. The molecule has 0 aromatic heterocycles. The number of halogens is 2. The Hall–Kier alpha value is -1.46. The van der Waals surface area contributed by atoms with Gasteiger partial charge >= 0.3 is 0 Å². The summed E-state index contributed by atoms with van der Waals surface area (Å²) in [6.07, 6.45) is -1.15. The van der Waals surface area contributed by atoms with E-state index in [1.54, 1.807) is 25.1 Å². The van der Waals surface area contributed by atoms with E-state index in [0.29, 0.717) is 34.6 Å². The quantitative estimate of drug-likeness (QED) is 0.498. The molecule has 2 aromatic rings. The van der Waals surface area contributed by atoms with Crippen LogP contribution >= 0.6 is 23.2 Å². The average Bonchev–Trinajstić information content (AvgIpc) is 2.53. The van der Waals surface area contributed by atoms with E-state index in [1.807, 2.05) is 30.3 Å². The Balaban J connectivity index is 1.83. The lowest BCUT2D eigenvalue weighted by molar-refractivity contribution is 0.0279. The number of nitrogens with one attached hydrogen (secondary N) is 2. The normalized spacial score (nSPS) is 13.4. The molecule has 0 fully saturated rings. The zero-order valence-electron chi connectivity index (χ0n) is 12.8. The predicted molar refractivity (Wildman–Crippen MR) is 95.5 cm³/mol. The highest BCUT2D eigenvalue weighted by Gasteiger charge is 2.15. The van der Waals surface area contributed by atoms with Crippen LogP contribution in [0.2, 0.25) is 10.0 Å². The molecule has 0 aliphatic heterocycles. The first-order chi connectivity index (χ1) is 11.1. The lowest BCUT2D eigenvalue weighted by atomic mass is 10.3. The fourth-order valence-electron chi connectivity index (χ4n) is 2.02. The van der Waals surface area contributed by atoms with Crippen molar-refractivity contribution in [2.45, 2.75) is 19.3 Å². The average molecular weight is 355 g/mol. The number of ether oxygens (including phenoxy) is 1. The summed E-state index contributed by atoms with van der Waals surface area (Å²) in [5, 5.41) is 17.3. The number of anilines is 1. The molecule has 0 bridgehead atoms. The van der Waals surface area contributed by atoms with Gasteiger partial charge in [0.15, 0.2) is 6.23 Å². The molecule has 2 unspecified atom stereocenters. The number of hydrogen-bond donors (Lipinski definition) is 3. The molecular weight excluding hydrogens is 335 g/mol. The standard InChI is InChI=1S/C17H20Cl2N2O2/c1-12(22)17(23-13-6-3-2-4-7-13)21-11-10-20-16-14(18)8-5-9-15(16)19/h2-9,12,17,20-22H,10-11H2,1H3. The molecule has 6 heteroatoms. The van der Waals surface area contributed by atoms with Crippen molar-refractivity contribution in [2.24, 2.45) is 0 Å². The van der Waals surface area contributed by atoms with Gasteiger partial charge in [0.1, 0.15) is 11.9 Å². The van der Waals surface area contributed by atoms with Crippen LogP contribution in [0.15, 0.2) is 48.5 Å². The van der Waals surface area contributed by atoms with Gasteiger partial charge in [-0.25, -0.2) is 0 Å². The van der Waals surface area contributed by atoms with Crippen LogP contribution in [0.25, 0.3) is 0 Å². The Morgan fingerprint density at radius 2 is 1.65 bits per heavy atom. The van der Waals surface area contributed by atoms with E-state index < -0.39 is 12.3 Å². The van der Waals surface area contributed by atoms with Gasteiger partial charge < -0.3 is 15.2 Å². The monoisotopic (exact) mass is 354 g/mol. The Morgan fingerprint density at radius 3 is 2.26 bits per heavy atom. The maximum atomic E-state index is 9.83. The maximum absolute atomic E-state index is 9.83. The fourth-order valence-corrected chi connectivity index (χ4v) is 2.56. The molecule has 0 radical (unpaired) electrons. The molecule has 0 spiro atoms. The van der Waals surface area contributed by atoms with Crippen molar-refractivity contribution in [1.82, 2.24) is 5.32 Å². The van der Waals surface area contributed by atoms with Crippen LogP contribution in [0.1, 0.15) is 6.92 Å². The first-order valence-electron chi connectivity index (χ1n) is 7.39. The van der Waals surface area contributed by atoms with Gasteiger partial charge in [-0.2, -0.15) is 0 Å². The number of para-hydroxylation sites is 2. The summed E-state index contributed by atoms with van der Waals surface area (Å²) in [6, 6.07) is 14.7. The van der Waals surface area contributed by atoms with E-state index in [4.69, 9.17) is 27.9 Å². The second-order valence-corrected chi connectivity index (χ2v) is 5.88. The van der Waals surface area contributed by atoms with Crippen molar-refractivity contribution in [3.63, 3.8) is 0 Å². The third-order valence-electron chi connectivity index (χ3n) is 3.18. The van der Waals surface area contributed by atoms with E-state index in [-0.39, 0.29) is 0 Å². The van der Waals surface area contributed by atoms with Crippen molar-refractivity contribution >= 4 is 28.9 Å². The molecule has 0 aliphatic rings. The van der Waals surface area contributed by atoms with Crippen LogP contribution in [0, 0.1) is 0 Å². The minimum absolute atomic E-state index is 0.499. The zero-order valence-corrected chi connectivity index (χ0v) is 14.3. The summed E-state index contributed by atoms with van der Waals surface area (Å²) in [6.45, 7) is 2.84. The number of aliphatic hydroxyl groups is 1. The van der Waals surface area contributed by atoms with Crippen LogP contribution in [-0.4, -0.2) is 30.5 Å². The summed E-state index contributed by atoms with van der Waals surface area (Å²) in [5.74, 6) is 0.702. The molecule has 124 valence electrons. The van der Waals surface area contributed by atoms with E-state index in [2.05, 4.69) is 10.6 Å². The molecule has 0 aliphatic carbocycles. The molecule has 23 heavy (non-hydrogen) atoms. The lowest BCUT2D eigenvalue weighted by Crippen LogP contribution is -2.44. The van der Waals surface area contributed by atoms with Crippen molar-refractivity contribution < 1.29 is 9.84 Å². The topological polar surface area (TPSA) is 53.5 Å². The summed E-state index contributed by atoms with van der Waals surface area (Å²) in [5.41, 5.74) is 0.704. The van der Waals surface area contributed by atoms with Gasteiger partial charge in [0, 0.05) is 13.1 Å². The summed E-state index contributed by atoms with van der Waals surface area (Å²) >= 11 is 12.2. The Morgan fingerprint density at radius 1 is 1.00 bits per heavy atom. The largest absolute Gasteiger partial charge is 0.473 e. The summed E-state index contributed by atoms with van der Waals surface area (Å²) in [4.78, 5) is 0. The van der Waals surface area contributed by atoms with Gasteiger partial charge in [0.2, 0.25) is 0 Å². The predicted octanol–water partition coefficient (Wildman–Crippen LogP) is 3.78. The van der Waals surface area contributed by atoms with Crippen LogP contribution in [-0.2, 0) is 0 Å². The minimum atomic E-state index is -0.654. The van der Waals surface area contributed by atoms with E-state index in [0.717, 1.165) is 0 Å². The molecular formula is C17H20Cl2N2O2. The maximum Gasteiger partial charge on any atom is 0.176 e. The van der Waals surface area contributed by atoms with E-state index in [9.17, 15) is 5.11 Å². The van der Waals surface area contributed by atoms with Gasteiger partial charge in [0.05, 0.1) is 15.7 Å². The molecule has 0 heterocycles. The second-order valence-electron chi connectivity index (χ2n) is 5.07. The highest BCUT2D eigenvalue weighted by Crippen LogP contribution is 2.29. The van der Waals surface area contributed by atoms with Crippen molar-refractivity contribution in [3.05, 3.63) is 58.6 Å². The molecule has 2 aromatic carbocycles. The summed E-state index contributed by atoms with van der Waals surface area (Å²) < 4.78 is 5.73. The van der Waals surface area contributed by atoms with Crippen molar-refractivity contribution in [3.8, 4) is 5.75 Å². The number of benzene rings is 2. The Bertz CT molecular complexity index is 589. The molecule has 0 amide bonds. The Kier molecular flexibility index (Phi) is 6.99. The van der Waals surface area contributed by atoms with Gasteiger partial charge in [-0.3, -0.25) is 5.32 Å². The van der Waals surface area contributed by atoms with E-state index in [1.165, 1.54) is 0 Å². The molecule has 0 saturated carbocycles. The van der Waals surface area contributed by atoms with Gasteiger partial charge in [-0.1, -0.05) is 47.5 Å². The molecule has 3 N–H and O–H groups in total. The third-order valence-corrected chi connectivity index (χ3v) is 3.81. The number of aliphatic hydroxyl groups excluding tert-OH is 1. The fraction of sp³-hybridized carbons (Fsp3) is 0.294. The highest BCUT2D eigenvalue weighted by atomic mass is 35.5. The number of rotatable bonds is 8. The van der Waals surface area contributed by atoms with Crippen molar-refractivity contribution in [1.29, 1.82) is 0 Å². The molecule has 2 rings (SSSR count). The van der Waals surface area contributed by atoms with Gasteiger partial charge in [-0.15, -0.1) is 0 Å². The second kappa shape index (κ2) is 8.99. The third kappa shape index (κ3) is 5.59. The van der Waals surface area contributed by atoms with Crippen LogP contribution < -0.4 is 15.4 Å². The SMILES string of the molecule is CC(O)C(NCCNc1c(Cl)cccc1Cl)Oc1ccccc1. The Labute approximate surface area is 146 Å². The molecule has 0 saturated heterocycles. The molecule has 4 nitrogen and oxygen atoms in total. The lowest BCUT2D eigenvalue weighted by Gasteiger charge is -2.23. The van der Waals surface area contributed by atoms with Gasteiger partial charge in [0.25, 0.3) is 0 Å². The number of hydrogen-bond acceptors (Lipinski definition) is 4.